The maximum Gasteiger partial charge on any atom is 0.319 e. The lowest BCUT2D eigenvalue weighted by atomic mass is 9.91. The number of fused-ring (bicyclic) bond motifs is 8. The standard InChI is InChI=1S/C25H23NO7.C24H21NO7.C17H16N2O5/c27-16-9-19(28)17-11-18(26-6-5-14-1-3-20-23(7-14)31-12-29-20)25(33-22(17)10-16)15-2-4-21-24(8-15)32-13-30-21;26-15-7-18(27)16-9-17(25-10-13-1-3-19-22(5-13)30-11-28-19)24(32-21(16)8-15)14-2-4-20-23(6-14)31-12-29-20;20-17(19-12-2-4-14-16(8-12)24-10-22-14)18-6-5-11-1-3-13-15(7-11)23-9-21-13/h1-4,7-10,18,25-28H,5-6,11-13H2;1-8,17,24-27H,9-12H2;1-4,7-8H,5-6,9-10H2,(H2,18,19,20)/t18-,25-;17-,24-;/m11./s1. The highest BCUT2D eigenvalue weighted by Crippen LogP contribution is 2.47. The zero-order valence-corrected chi connectivity index (χ0v) is 47.6. The van der Waals surface area contributed by atoms with Gasteiger partial charge in [0.2, 0.25) is 40.8 Å². The molecule has 0 bridgehead atoms. The van der Waals surface area contributed by atoms with Gasteiger partial charge in [0.25, 0.3) is 0 Å². The van der Waals surface area contributed by atoms with Crippen LogP contribution >= 0.6 is 0 Å². The minimum Gasteiger partial charge on any atom is -0.508 e. The van der Waals surface area contributed by atoms with Gasteiger partial charge in [-0.25, -0.2) is 4.79 Å². The molecule has 8 N–H and O–H groups in total. The molecule has 8 aromatic rings. The number of carbonyl (C=O) groups excluding carboxylic acids is 1. The Labute approximate surface area is 508 Å². The van der Waals surface area contributed by atoms with Gasteiger partial charge >= 0.3 is 6.03 Å². The van der Waals surface area contributed by atoms with E-state index in [0.29, 0.717) is 102 Å². The zero-order valence-electron chi connectivity index (χ0n) is 47.6. The number of hydrogen-bond donors (Lipinski definition) is 8. The van der Waals surface area contributed by atoms with Gasteiger partial charge in [-0.05, 0) is 133 Å². The van der Waals surface area contributed by atoms with Crippen LogP contribution in [0.15, 0.2) is 133 Å². The number of ether oxygens (including phenoxy) is 14. The number of hydrogen-bond acceptors (Lipinski definition) is 21. The fourth-order valence-electron chi connectivity index (χ4n) is 11.4. The van der Waals surface area contributed by atoms with E-state index < -0.39 is 0 Å². The van der Waals surface area contributed by atoms with Crippen LogP contribution in [0.5, 0.6) is 103 Å². The summed E-state index contributed by atoms with van der Waals surface area (Å²) >= 11 is 0. The van der Waals surface area contributed by atoms with Crippen molar-refractivity contribution in [1.29, 1.82) is 0 Å². The molecular formula is C66H60N4O19. The van der Waals surface area contributed by atoms with E-state index in [9.17, 15) is 25.2 Å². The summed E-state index contributed by atoms with van der Waals surface area (Å²) in [5, 5.41) is 53.4. The lowest BCUT2D eigenvalue weighted by Gasteiger charge is -2.35. The molecule has 16 rings (SSSR count). The van der Waals surface area contributed by atoms with Gasteiger partial charge in [-0.2, -0.15) is 0 Å². The van der Waals surface area contributed by atoms with E-state index >= 15 is 0 Å². The van der Waals surface area contributed by atoms with E-state index in [2.05, 4.69) is 21.3 Å². The number of phenolic OH excluding ortho intramolecular Hbond substituents is 4. The fourth-order valence-corrected chi connectivity index (χ4v) is 11.4. The van der Waals surface area contributed by atoms with Crippen molar-refractivity contribution in [1.82, 2.24) is 16.0 Å². The van der Waals surface area contributed by atoms with Gasteiger partial charge in [0, 0.05) is 60.2 Å². The van der Waals surface area contributed by atoms with Crippen molar-refractivity contribution in [2.45, 2.75) is 56.5 Å². The maximum atomic E-state index is 12.0. The first-order valence-corrected chi connectivity index (χ1v) is 28.8. The third-order valence-electron chi connectivity index (χ3n) is 15.9. The van der Waals surface area contributed by atoms with Gasteiger partial charge < -0.3 is 108 Å². The van der Waals surface area contributed by atoms with Gasteiger partial charge in [0.15, 0.2) is 69.0 Å². The Kier molecular flexibility index (Phi) is 15.5. The molecule has 2 amide bonds. The molecule has 0 aromatic heterocycles. The molecule has 8 aliphatic rings. The molecule has 4 atom stereocenters. The zero-order chi connectivity index (χ0) is 60.4. The largest absolute Gasteiger partial charge is 0.508 e. The Hall–Kier alpha value is -10.7. The number of phenols is 4. The lowest BCUT2D eigenvalue weighted by Crippen LogP contribution is -2.42. The Morgan fingerprint density at radius 2 is 0.764 bits per heavy atom. The van der Waals surface area contributed by atoms with Gasteiger partial charge in [0.05, 0.1) is 12.1 Å². The molecule has 23 nitrogen and oxygen atoms in total. The van der Waals surface area contributed by atoms with Gasteiger partial charge in [-0.3, -0.25) is 0 Å². The Balaban J connectivity index is 0.000000119. The summed E-state index contributed by atoms with van der Waals surface area (Å²) < 4.78 is 77.4. The van der Waals surface area contributed by atoms with Gasteiger partial charge in [-0.15, -0.1) is 0 Å². The second-order valence-corrected chi connectivity index (χ2v) is 21.7. The van der Waals surface area contributed by atoms with E-state index in [4.69, 9.17) is 66.3 Å². The van der Waals surface area contributed by atoms with E-state index in [-0.39, 0.29) is 94.1 Å². The van der Waals surface area contributed by atoms with Crippen molar-refractivity contribution in [3.8, 4) is 103 Å². The minimum atomic E-state index is -0.368. The van der Waals surface area contributed by atoms with Gasteiger partial charge in [-0.1, -0.05) is 30.3 Å². The summed E-state index contributed by atoms with van der Waals surface area (Å²) in [5.41, 5.74) is 7.06. The predicted octanol–water partition coefficient (Wildman–Crippen LogP) is 9.33. The van der Waals surface area contributed by atoms with Crippen molar-refractivity contribution in [3.05, 3.63) is 172 Å². The number of aromatic hydroxyl groups is 4. The fraction of sp³-hybridized carbons (Fsp3) is 0.258. The smallest absolute Gasteiger partial charge is 0.319 e. The van der Waals surface area contributed by atoms with Crippen LogP contribution in [0.1, 0.15) is 51.2 Å². The van der Waals surface area contributed by atoms with Crippen LogP contribution in [-0.4, -0.2) is 92.4 Å². The predicted molar refractivity (Wildman–Crippen MR) is 316 cm³/mol. The van der Waals surface area contributed by atoms with Crippen LogP contribution in [0.25, 0.3) is 0 Å². The number of amides is 2. The maximum absolute atomic E-state index is 12.0. The highest BCUT2D eigenvalue weighted by Gasteiger charge is 2.36. The molecule has 89 heavy (non-hydrogen) atoms. The molecule has 0 saturated carbocycles. The summed E-state index contributed by atoms with van der Waals surface area (Å²) in [4.78, 5) is 12.0. The van der Waals surface area contributed by atoms with Crippen LogP contribution in [0.4, 0.5) is 10.5 Å². The number of urea groups is 1. The lowest BCUT2D eigenvalue weighted by molar-refractivity contribution is 0.130. The minimum absolute atomic E-state index is 0.0130. The van der Waals surface area contributed by atoms with Crippen LogP contribution in [0, 0.1) is 0 Å². The van der Waals surface area contributed by atoms with Crippen molar-refractivity contribution < 1.29 is 91.5 Å². The van der Waals surface area contributed by atoms with Crippen LogP contribution in [0.2, 0.25) is 0 Å². The third-order valence-corrected chi connectivity index (χ3v) is 15.9. The monoisotopic (exact) mass is 1210 g/mol. The van der Waals surface area contributed by atoms with Crippen LogP contribution in [-0.2, 0) is 32.2 Å². The first-order valence-electron chi connectivity index (χ1n) is 28.8. The molecule has 0 fully saturated rings. The normalized spacial score (nSPS) is 18.2. The second kappa shape index (κ2) is 24.6. The van der Waals surface area contributed by atoms with Crippen LogP contribution < -0.4 is 87.6 Å². The van der Waals surface area contributed by atoms with Crippen molar-refractivity contribution >= 4 is 11.7 Å². The average Bonchev–Trinajstić information content (AvgIpc) is 1.97. The van der Waals surface area contributed by atoms with E-state index in [1.165, 1.54) is 24.3 Å². The second-order valence-electron chi connectivity index (χ2n) is 21.7. The number of rotatable bonds is 13. The molecular weight excluding hydrogens is 1150 g/mol. The van der Waals surface area contributed by atoms with Crippen molar-refractivity contribution in [2.24, 2.45) is 0 Å². The summed E-state index contributed by atoms with van der Waals surface area (Å²) in [6.45, 7) is 3.13. The number of nitrogens with one attached hydrogen (secondary N) is 4. The number of carbonyl (C=O) groups is 1. The Morgan fingerprint density at radius 3 is 1.25 bits per heavy atom. The first-order chi connectivity index (χ1) is 43.5. The molecule has 0 saturated heterocycles. The SMILES string of the molecule is O=C(NCCc1ccc2c(c1)OCO2)Nc1ccc2c(c1)OCO2.Oc1cc(O)c2c(c1)O[C@H](c1ccc3c(c1)OCO3)[C@H](NCCc1ccc3c(c1)OCO3)C2.Oc1cc(O)c2c(c1)O[C@H](c1ccc3c(c1)OCO3)[C@H](NCc1ccc3c(c1)OCO3)C2. The van der Waals surface area contributed by atoms with Crippen molar-refractivity contribution in [3.63, 3.8) is 0 Å². The van der Waals surface area contributed by atoms with E-state index in [1.54, 1.807) is 18.2 Å². The summed E-state index contributed by atoms with van der Waals surface area (Å²) in [5.74, 6) is 9.49. The number of anilines is 1. The summed E-state index contributed by atoms with van der Waals surface area (Å²) in [6.07, 6.45) is 1.84. The van der Waals surface area contributed by atoms with E-state index in [1.807, 2.05) is 91.0 Å². The molecule has 8 aromatic carbocycles. The molecule has 0 spiro atoms. The summed E-state index contributed by atoms with van der Waals surface area (Å²) in [7, 11) is 0. The highest BCUT2D eigenvalue weighted by atomic mass is 16.7. The van der Waals surface area contributed by atoms with Crippen molar-refractivity contribution in [2.75, 3.05) is 59.2 Å². The number of benzene rings is 8. The molecule has 8 aliphatic heterocycles. The molecule has 0 radical (unpaired) electrons. The third kappa shape index (κ3) is 12.4. The average molecular weight is 1210 g/mol. The topological polar surface area (TPSA) is 275 Å². The van der Waals surface area contributed by atoms with Crippen LogP contribution in [0.3, 0.4) is 0 Å². The molecule has 23 heteroatoms. The molecule has 0 aliphatic carbocycles. The molecule has 458 valence electrons. The van der Waals surface area contributed by atoms with Gasteiger partial charge in [0.1, 0.15) is 46.7 Å². The Morgan fingerprint density at radius 1 is 0.382 bits per heavy atom. The molecule has 8 heterocycles. The Bertz CT molecular complexity index is 3980. The highest BCUT2D eigenvalue weighted by molar-refractivity contribution is 5.89. The van der Waals surface area contributed by atoms with E-state index in [0.717, 1.165) is 68.7 Å². The summed E-state index contributed by atoms with van der Waals surface area (Å²) in [6, 6.07) is 39.5. The quantitative estimate of drug-likeness (QED) is 0.0534. The first kappa shape index (κ1) is 56.2. The molecule has 0 unspecified atom stereocenters.